The van der Waals surface area contributed by atoms with Gasteiger partial charge in [0.1, 0.15) is 0 Å². The third kappa shape index (κ3) is 4.14. The number of halogens is 2. The topological polar surface area (TPSA) is 50.9 Å². The van der Waals surface area contributed by atoms with Crippen molar-refractivity contribution in [2.75, 3.05) is 12.3 Å². The number of aromatic nitrogens is 1. The number of thiazole rings is 1. The van der Waals surface area contributed by atoms with E-state index < -0.39 is 0 Å². The van der Waals surface area contributed by atoms with Gasteiger partial charge in [0.25, 0.3) is 0 Å². The van der Waals surface area contributed by atoms with Crippen LogP contribution in [0.4, 0.5) is 5.13 Å². The first kappa shape index (κ1) is 13.6. The van der Waals surface area contributed by atoms with E-state index in [0.29, 0.717) is 15.2 Å². The van der Waals surface area contributed by atoms with Crippen molar-refractivity contribution in [1.82, 2.24) is 10.3 Å². The van der Waals surface area contributed by atoms with Crippen molar-refractivity contribution in [3.8, 4) is 0 Å². The maximum Gasteiger partial charge on any atom is 0.180 e. The molecule has 1 heterocycles. The van der Waals surface area contributed by atoms with Gasteiger partial charge in [-0.15, -0.1) is 11.3 Å². The normalized spacial score (nSPS) is 10.8. The molecule has 0 saturated heterocycles. The third-order valence-electron chi connectivity index (χ3n) is 2.38. The van der Waals surface area contributed by atoms with Gasteiger partial charge in [0, 0.05) is 27.7 Å². The van der Waals surface area contributed by atoms with Crippen LogP contribution < -0.4 is 11.1 Å². The summed E-state index contributed by atoms with van der Waals surface area (Å²) >= 11 is 13.4. The number of anilines is 1. The van der Waals surface area contributed by atoms with Gasteiger partial charge >= 0.3 is 0 Å². The van der Waals surface area contributed by atoms with E-state index in [-0.39, 0.29) is 0 Å². The average Bonchev–Trinajstić information content (AvgIpc) is 2.69. The van der Waals surface area contributed by atoms with E-state index in [2.05, 4.69) is 10.3 Å². The van der Waals surface area contributed by atoms with E-state index in [1.807, 2.05) is 12.1 Å². The van der Waals surface area contributed by atoms with Crippen molar-refractivity contribution in [2.24, 2.45) is 0 Å². The van der Waals surface area contributed by atoms with E-state index in [9.17, 15) is 0 Å². The quantitative estimate of drug-likeness (QED) is 0.833. The highest BCUT2D eigenvalue weighted by Gasteiger charge is 2.00. The zero-order valence-corrected chi connectivity index (χ0v) is 11.9. The number of nitrogens with zero attached hydrogens (tertiary/aromatic N) is 1. The Bertz CT molecular complexity index is 508. The molecule has 3 nitrogen and oxygen atoms in total. The number of hydrogen-bond donors (Lipinski definition) is 2. The summed E-state index contributed by atoms with van der Waals surface area (Å²) in [5, 5.41) is 5.28. The molecular formula is C12H13Cl2N3S. The monoisotopic (exact) mass is 301 g/mol. The molecular weight excluding hydrogens is 289 g/mol. The molecule has 0 radical (unpaired) electrons. The van der Waals surface area contributed by atoms with Gasteiger partial charge in [-0.05, 0) is 36.7 Å². The number of nitrogens with two attached hydrogens (primary N) is 1. The van der Waals surface area contributed by atoms with Crippen molar-refractivity contribution in [1.29, 1.82) is 0 Å². The van der Waals surface area contributed by atoms with Gasteiger partial charge in [-0.25, -0.2) is 4.98 Å². The molecule has 0 bridgehead atoms. The molecule has 1 aromatic carbocycles. The maximum absolute atomic E-state index is 5.94. The Morgan fingerprint density at radius 3 is 2.56 bits per heavy atom. The van der Waals surface area contributed by atoms with Gasteiger partial charge in [0.05, 0.1) is 0 Å². The van der Waals surface area contributed by atoms with E-state index in [4.69, 9.17) is 28.9 Å². The molecule has 0 saturated carbocycles. The molecule has 0 aliphatic carbocycles. The van der Waals surface area contributed by atoms with Gasteiger partial charge in [-0.3, -0.25) is 0 Å². The van der Waals surface area contributed by atoms with Crippen molar-refractivity contribution in [3.63, 3.8) is 0 Å². The van der Waals surface area contributed by atoms with Crippen LogP contribution in [0.2, 0.25) is 10.0 Å². The molecule has 0 spiro atoms. The predicted molar refractivity (Wildman–Crippen MR) is 78.4 cm³/mol. The van der Waals surface area contributed by atoms with Crippen LogP contribution in [-0.4, -0.2) is 11.5 Å². The van der Waals surface area contributed by atoms with Crippen LogP contribution >= 0.6 is 34.5 Å². The first-order valence-electron chi connectivity index (χ1n) is 5.49. The predicted octanol–water partition coefficient (Wildman–Crippen LogP) is 3.36. The summed E-state index contributed by atoms with van der Waals surface area (Å²) < 4.78 is 0. The lowest BCUT2D eigenvalue weighted by Crippen LogP contribution is -2.15. The lowest BCUT2D eigenvalue weighted by atomic mass is 10.1. The standard InChI is InChI=1S/C12H13Cl2N3S/c13-9-3-8(4-10(14)5-9)1-2-16-6-11-7-17-12(15)18-11/h3-5,7,16H,1-2,6H2,(H2,15,17). The molecule has 6 heteroatoms. The molecule has 2 aromatic rings. The van der Waals surface area contributed by atoms with Crippen molar-refractivity contribution >= 4 is 39.7 Å². The number of hydrogen-bond acceptors (Lipinski definition) is 4. The lowest BCUT2D eigenvalue weighted by molar-refractivity contribution is 0.693. The van der Waals surface area contributed by atoms with Crippen LogP contribution in [-0.2, 0) is 13.0 Å². The molecule has 0 aliphatic rings. The number of nitrogens with one attached hydrogen (secondary N) is 1. The zero-order chi connectivity index (χ0) is 13.0. The minimum absolute atomic E-state index is 0.605. The number of rotatable bonds is 5. The van der Waals surface area contributed by atoms with Crippen LogP contribution in [0.3, 0.4) is 0 Å². The first-order chi connectivity index (χ1) is 8.63. The summed E-state index contributed by atoms with van der Waals surface area (Å²) in [5.41, 5.74) is 6.69. The van der Waals surface area contributed by atoms with Gasteiger partial charge in [0.15, 0.2) is 5.13 Å². The second-order valence-corrected chi connectivity index (χ2v) is 5.89. The van der Waals surface area contributed by atoms with E-state index in [0.717, 1.165) is 30.0 Å². The molecule has 0 atom stereocenters. The highest BCUT2D eigenvalue weighted by molar-refractivity contribution is 7.15. The van der Waals surface area contributed by atoms with Crippen LogP contribution in [0.5, 0.6) is 0 Å². The van der Waals surface area contributed by atoms with Crippen LogP contribution in [0.1, 0.15) is 10.4 Å². The van der Waals surface area contributed by atoms with Crippen LogP contribution in [0, 0.1) is 0 Å². The minimum atomic E-state index is 0.605. The largest absolute Gasteiger partial charge is 0.375 e. The van der Waals surface area contributed by atoms with Gasteiger partial charge < -0.3 is 11.1 Å². The molecule has 2 rings (SSSR count). The molecule has 1 aromatic heterocycles. The second kappa shape index (κ2) is 6.38. The van der Waals surface area contributed by atoms with Gasteiger partial charge in [-0.1, -0.05) is 23.2 Å². The van der Waals surface area contributed by atoms with Crippen LogP contribution in [0.25, 0.3) is 0 Å². The summed E-state index contributed by atoms with van der Waals surface area (Å²) in [6.45, 7) is 1.64. The van der Waals surface area contributed by atoms with E-state index in [1.54, 1.807) is 12.3 Å². The molecule has 0 aliphatic heterocycles. The number of benzene rings is 1. The molecule has 18 heavy (non-hydrogen) atoms. The molecule has 0 unspecified atom stereocenters. The molecule has 3 N–H and O–H groups in total. The summed E-state index contributed by atoms with van der Waals surface area (Å²) in [4.78, 5) is 5.13. The Balaban J connectivity index is 1.78. The summed E-state index contributed by atoms with van der Waals surface area (Å²) in [5.74, 6) is 0. The van der Waals surface area contributed by atoms with Crippen molar-refractivity contribution in [2.45, 2.75) is 13.0 Å². The lowest BCUT2D eigenvalue weighted by Gasteiger charge is -2.04. The maximum atomic E-state index is 5.94. The Hall–Kier alpha value is -0.810. The van der Waals surface area contributed by atoms with Crippen molar-refractivity contribution in [3.05, 3.63) is 44.9 Å². The smallest absolute Gasteiger partial charge is 0.180 e. The molecule has 96 valence electrons. The summed E-state index contributed by atoms with van der Waals surface area (Å²) in [7, 11) is 0. The van der Waals surface area contributed by atoms with Gasteiger partial charge in [-0.2, -0.15) is 0 Å². The zero-order valence-electron chi connectivity index (χ0n) is 9.62. The highest BCUT2D eigenvalue weighted by Crippen LogP contribution is 2.19. The molecule has 0 fully saturated rings. The molecule has 0 amide bonds. The second-order valence-electron chi connectivity index (χ2n) is 3.87. The highest BCUT2D eigenvalue weighted by atomic mass is 35.5. The van der Waals surface area contributed by atoms with E-state index in [1.165, 1.54) is 11.3 Å². The fourth-order valence-electron chi connectivity index (χ4n) is 1.60. The van der Waals surface area contributed by atoms with Crippen LogP contribution in [0.15, 0.2) is 24.4 Å². The third-order valence-corrected chi connectivity index (χ3v) is 3.65. The fourth-order valence-corrected chi connectivity index (χ4v) is 2.83. The van der Waals surface area contributed by atoms with Gasteiger partial charge in [0.2, 0.25) is 0 Å². The Kier molecular flexibility index (Phi) is 4.83. The summed E-state index contributed by atoms with van der Waals surface area (Å²) in [6, 6.07) is 5.60. The SMILES string of the molecule is Nc1ncc(CNCCc2cc(Cl)cc(Cl)c2)s1. The Labute approximate surface area is 120 Å². The Morgan fingerprint density at radius 1 is 1.22 bits per heavy atom. The Morgan fingerprint density at radius 2 is 1.94 bits per heavy atom. The van der Waals surface area contributed by atoms with E-state index >= 15 is 0 Å². The summed E-state index contributed by atoms with van der Waals surface area (Å²) in [6.07, 6.45) is 2.68. The first-order valence-corrected chi connectivity index (χ1v) is 7.06. The number of nitrogen functional groups attached to an aromatic ring is 1. The minimum Gasteiger partial charge on any atom is -0.375 e. The average molecular weight is 302 g/mol. The fraction of sp³-hybridized carbons (Fsp3) is 0.250. The van der Waals surface area contributed by atoms with Crippen molar-refractivity contribution < 1.29 is 0 Å².